The lowest BCUT2D eigenvalue weighted by Gasteiger charge is -2.10. The second kappa shape index (κ2) is 9.34. The van der Waals surface area contributed by atoms with Crippen LogP contribution in [0.5, 0.6) is 0 Å². The van der Waals surface area contributed by atoms with E-state index in [2.05, 4.69) is 15.7 Å². The quantitative estimate of drug-likeness (QED) is 0.687. The van der Waals surface area contributed by atoms with E-state index in [0.29, 0.717) is 13.0 Å². The summed E-state index contributed by atoms with van der Waals surface area (Å²) in [6, 6.07) is 0. The maximum Gasteiger partial charge on any atom is 0.220 e. The van der Waals surface area contributed by atoms with Gasteiger partial charge < -0.3 is 10.4 Å². The molecule has 1 aromatic rings. The average molecular weight is 302 g/mol. The average Bonchev–Trinajstić information content (AvgIpc) is 2.78. The van der Waals surface area contributed by atoms with Crippen LogP contribution in [0, 0.1) is 6.92 Å². The number of aliphatic hydroxyl groups is 1. The highest BCUT2D eigenvalue weighted by atomic mass is 32.2. The fourth-order valence-corrected chi connectivity index (χ4v) is 3.12. The second-order valence-electron chi connectivity index (χ2n) is 4.41. The minimum atomic E-state index is -0.417. The first-order valence-electron chi connectivity index (χ1n) is 6.55. The van der Waals surface area contributed by atoms with Gasteiger partial charge in [0, 0.05) is 29.9 Å². The summed E-state index contributed by atoms with van der Waals surface area (Å²) in [5.74, 6) is 1.65. The molecule has 4 nitrogen and oxygen atoms in total. The fraction of sp³-hybridized carbons (Fsp3) is 0.692. The largest absolute Gasteiger partial charge is 0.391 e. The van der Waals surface area contributed by atoms with E-state index in [1.807, 2.05) is 13.8 Å². The van der Waals surface area contributed by atoms with Crippen molar-refractivity contribution in [3.05, 3.63) is 16.1 Å². The molecule has 0 fully saturated rings. The molecule has 0 radical (unpaired) electrons. The van der Waals surface area contributed by atoms with E-state index in [9.17, 15) is 9.90 Å². The van der Waals surface area contributed by atoms with Crippen molar-refractivity contribution in [2.24, 2.45) is 0 Å². The van der Waals surface area contributed by atoms with E-state index in [0.717, 1.165) is 35.0 Å². The first kappa shape index (κ1) is 16.5. The minimum absolute atomic E-state index is 0.0112. The summed E-state index contributed by atoms with van der Waals surface area (Å²) in [6.07, 6.45) is 1.74. The van der Waals surface area contributed by atoms with Crippen LogP contribution in [0.4, 0.5) is 0 Å². The number of amides is 1. The van der Waals surface area contributed by atoms with Crippen LogP contribution in [-0.4, -0.2) is 34.4 Å². The molecule has 0 aliphatic carbocycles. The van der Waals surface area contributed by atoms with Crippen molar-refractivity contribution in [2.75, 3.05) is 12.3 Å². The number of aryl methyl sites for hydroxylation is 1. The van der Waals surface area contributed by atoms with Crippen molar-refractivity contribution in [2.45, 2.75) is 45.0 Å². The van der Waals surface area contributed by atoms with Crippen molar-refractivity contribution in [3.63, 3.8) is 0 Å². The predicted molar refractivity (Wildman–Crippen MR) is 81.6 cm³/mol. The number of rotatable bonds is 9. The van der Waals surface area contributed by atoms with Crippen LogP contribution in [-0.2, 0) is 10.5 Å². The van der Waals surface area contributed by atoms with Gasteiger partial charge in [0.05, 0.1) is 16.8 Å². The van der Waals surface area contributed by atoms with Crippen LogP contribution in [0.15, 0.2) is 5.38 Å². The molecule has 0 saturated carbocycles. The molecule has 0 saturated heterocycles. The number of thiazole rings is 1. The Kier molecular flexibility index (Phi) is 8.09. The summed E-state index contributed by atoms with van der Waals surface area (Å²) >= 11 is 3.37. The van der Waals surface area contributed by atoms with E-state index in [1.54, 1.807) is 23.1 Å². The van der Waals surface area contributed by atoms with E-state index >= 15 is 0 Å². The van der Waals surface area contributed by atoms with Crippen molar-refractivity contribution in [1.29, 1.82) is 0 Å². The van der Waals surface area contributed by atoms with Gasteiger partial charge in [0.15, 0.2) is 0 Å². The van der Waals surface area contributed by atoms with E-state index < -0.39 is 6.10 Å². The lowest BCUT2D eigenvalue weighted by molar-refractivity contribution is -0.121. The fourth-order valence-electron chi connectivity index (χ4n) is 1.57. The number of aromatic nitrogens is 1. The smallest absolute Gasteiger partial charge is 0.220 e. The van der Waals surface area contributed by atoms with Gasteiger partial charge in [-0.25, -0.2) is 4.98 Å². The molecule has 0 aliphatic heterocycles. The van der Waals surface area contributed by atoms with Gasteiger partial charge in [-0.3, -0.25) is 4.79 Å². The lowest BCUT2D eigenvalue weighted by atomic mass is 10.2. The Balaban J connectivity index is 2.04. The Morgan fingerprint density at radius 3 is 3.05 bits per heavy atom. The summed E-state index contributed by atoms with van der Waals surface area (Å²) in [6.45, 7) is 4.37. The van der Waals surface area contributed by atoms with E-state index in [4.69, 9.17) is 0 Å². The van der Waals surface area contributed by atoms with Gasteiger partial charge in [-0.1, -0.05) is 13.3 Å². The van der Waals surface area contributed by atoms with Gasteiger partial charge in [0.2, 0.25) is 5.91 Å². The van der Waals surface area contributed by atoms with Crippen LogP contribution >= 0.6 is 23.1 Å². The zero-order chi connectivity index (χ0) is 14.1. The summed E-state index contributed by atoms with van der Waals surface area (Å²) < 4.78 is 0. The first-order chi connectivity index (χ1) is 9.11. The van der Waals surface area contributed by atoms with Crippen molar-refractivity contribution < 1.29 is 9.90 Å². The van der Waals surface area contributed by atoms with Gasteiger partial charge in [-0.15, -0.1) is 11.3 Å². The number of hydrogen-bond acceptors (Lipinski definition) is 5. The monoisotopic (exact) mass is 302 g/mol. The molecule has 1 unspecified atom stereocenters. The molecule has 108 valence electrons. The number of carbonyl (C=O) groups excluding carboxylic acids is 1. The molecule has 2 N–H and O–H groups in total. The van der Waals surface area contributed by atoms with Gasteiger partial charge >= 0.3 is 0 Å². The highest BCUT2D eigenvalue weighted by Crippen LogP contribution is 2.15. The molecular formula is C13H22N2O2S2. The number of hydrogen-bond donors (Lipinski definition) is 2. The highest BCUT2D eigenvalue weighted by Gasteiger charge is 2.06. The Labute approximate surface area is 123 Å². The Morgan fingerprint density at radius 2 is 2.42 bits per heavy atom. The normalized spacial score (nSPS) is 12.4. The molecule has 1 aromatic heterocycles. The maximum atomic E-state index is 11.5. The molecule has 1 atom stereocenters. The minimum Gasteiger partial charge on any atom is -0.391 e. The summed E-state index contributed by atoms with van der Waals surface area (Å²) in [5.41, 5.74) is 1.09. The highest BCUT2D eigenvalue weighted by molar-refractivity contribution is 7.98. The van der Waals surface area contributed by atoms with Crippen molar-refractivity contribution >= 4 is 29.0 Å². The number of nitrogens with zero attached hydrogens (tertiary/aromatic N) is 1. The summed E-state index contributed by atoms with van der Waals surface area (Å²) in [4.78, 5) is 15.9. The molecule has 0 aromatic carbocycles. The topological polar surface area (TPSA) is 62.2 Å². The second-order valence-corrected chi connectivity index (χ2v) is 6.57. The lowest BCUT2D eigenvalue weighted by Crippen LogP contribution is -2.32. The number of aliphatic hydroxyl groups excluding tert-OH is 1. The van der Waals surface area contributed by atoms with Crippen molar-refractivity contribution in [3.8, 4) is 0 Å². The molecule has 0 aliphatic rings. The Morgan fingerprint density at radius 1 is 1.63 bits per heavy atom. The molecule has 0 bridgehead atoms. The number of thioether (sulfide) groups is 1. The molecule has 6 heteroatoms. The number of nitrogens with one attached hydrogen (secondary N) is 1. The van der Waals surface area contributed by atoms with Gasteiger partial charge in [0.1, 0.15) is 0 Å². The van der Waals surface area contributed by atoms with Crippen LogP contribution in [0.25, 0.3) is 0 Å². The zero-order valence-corrected chi connectivity index (χ0v) is 13.1. The molecule has 1 rings (SSSR count). The third kappa shape index (κ3) is 7.54. The summed E-state index contributed by atoms with van der Waals surface area (Å²) in [7, 11) is 0. The molecule has 19 heavy (non-hydrogen) atoms. The van der Waals surface area contributed by atoms with Gasteiger partial charge in [0.25, 0.3) is 0 Å². The molecule has 0 spiro atoms. The zero-order valence-electron chi connectivity index (χ0n) is 11.5. The number of carbonyl (C=O) groups is 1. The van der Waals surface area contributed by atoms with Gasteiger partial charge in [-0.05, 0) is 13.3 Å². The maximum absolute atomic E-state index is 11.5. The van der Waals surface area contributed by atoms with Crippen LogP contribution in [0.2, 0.25) is 0 Å². The van der Waals surface area contributed by atoms with E-state index in [1.165, 1.54) is 0 Å². The SMILES string of the molecule is CCCC(O)CNC(=O)CCSCc1csc(C)n1. The van der Waals surface area contributed by atoms with Crippen LogP contribution in [0.1, 0.15) is 36.9 Å². The first-order valence-corrected chi connectivity index (χ1v) is 8.58. The summed E-state index contributed by atoms with van der Waals surface area (Å²) in [5, 5.41) is 15.4. The standard InChI is InChI=1S/C13H22N2O2S2/c1-3-4-12(16)7-14-13(17)5-6-18-8-11-9-19-10(2)15-11/h9,12,16H,3-8H2,1-2H3,(H,14,17). The van der Waals surface area contributed by atoms with Crippen molar-refractivity contribution in [1.82, 2.24) is 10.3 Å². The third-order valence-electron chi connectivity index (χ3n) is 2.55. The van der Waals surface area contributed by atoms with Gasteiger partial charge in [-0.2, -0.15) is 11.8 Å². The van der Waals surface area contributed by atoms with Crippen LogP contribution < -0.4 is 5.32 Å². The molecule has 1 heterocycles. The molecular weight excluding hydrogens is 280 g/mol. The predicted octanol–water partition coefficient (Wildman–Crippen LogP) is 2.35. The van der Waals surface area contributed by atoms with Crippen LogP contribution in [0.3, 0.4) is 0 Å². The Hall–Kier alpha value is -0.590. The third-order valence-corrected chi connectivity index (χ3v) is 4.36. The van der Waals surface area contributed by atoms with E-state index in [-0.39, 0.29) is 5.91 Å². The molecule has 1 amide bonds. The Bertz CT molecular complexity index is 382.